The number of fused-ring (bicyclic) bond motifs is 4. The van der Waals surface area contributed by atoms with E-state index in [2.05, 4.69) is 0 Å². The van der Waals surface area contributed by atoms with E-state index in [0.717, 1.165) is 0 Å². The molecule has 0 aromatic heterocycles. The summed E-state index contributed by atoms with van der Waals surface area (Å²) < 4.78 is 31.5. The first-order valence-corrected chi connectivity index (χ1v) is 13.8. The highest BCUT2D eigenvalue weighted by Gasteiger charge is 2.94. The van der Waals surface area contributed by atoms with Crippen LogP contribution >= 0.6 is 0 Å². The van der Waals surface area contributed by atoms with E-state index < -0.39 is 80.7 Å². The van der Waals surface area contributed by atoms with E-state index >= 15 is 0 Å². The maximum atomic E-state index is 14.9. The number of epoxide rings is 1. The second kappa shape index (κ2) is 5.82. The Morgan fingerprint density at radius 2 is 1.84 bits per heavy atom. The van der Waals surface area contributed by atoms with Crippen LogP contribution in [-0.4, -0.2) is 75.6 Å². The lowest BCUT2D eigenvalue weighted by molar-refractivity contribution is -0.375. The van der Waals surface area contributed by atoms with Crippen molar-refractivity contribution in [1.82, 2.24) is 0 Å². The van der Waals surface area contributed by atoms with Gasteiger partial charge in [0.05, 0.1) is 30.0 Å². The van der Waals surface area contributed by atoms with Gasteiger partial charge in [0.25, 0.3) is 0 Å². The molecule has 1 N–H and O–H groups in total. The van der Waals surface area contributed by atoms with Crippen molar-refractivity contribution in [1.29, 1.82) is 0 Å². The topological polar surface area (TPSA) is 138 Å². The third-order valence-corrected chi connectivity index (χ3v) is 12.9. The van der Waals surface area contributed by atoms with Crippen LogP contribution in [-0.2, 0) is 42.9 Å². The highest BCUT2D eigenvalue weighted by Crippen LogP contribution is 2.77. The SMILES string of the molecule is C[C@@]12C[C@@H]3OC(=O)[C@@H]1CO[C@]14O[C@]5(C2C1=O)[C@@](O)(CCC1C4CC2OC24CC=CC(=O)[C@]14C)C(=O)O[C@@]35C. The van der Waals surface area contributed by atoms with Crippen LogP contribution in [0, 0.1) is 34.5 Å². The zero-order valence-corrected chi connectivity index (χ0v) is 21.5. The Balaban J connectivity index is 1.34. The van der Waals surface area contributed by atoms with Crippen LogP contribution in [0.5, 0.6) is 0 Å². The number of ketones is 2. The molecule has 6 aliphatic heterocycles. The Morgan fingerprint density at radius 3 is 2.63 bits per heavy atom. The molecule has 5 bridgehead atoms. The summed E-state index contributed by atoms with van der Waals surface area (Å²) in [7, 11) is 0. The molecule has 0 aromatic carbocycles. The summed E-state index contributed by atoms with van der Waals surface area (Å²) in [6, 6.07) is 0. The van der Waals surface area contributed by atoms with E-state index in [1.807, 2.05) is 19.9 Å². The Morgan fingerprint density at radius 1 is 1.05 bits per heavy atom. The van der Waals surface area contributed by atoms with Crippen molar-refractivity contribution in [2.45, 2.75) is 93.3 Å². The molecule has 6 heterocycles. The van der Waals surface area contributed by atoms with Crippen LogP contribution in [0.3, 0.4) is 0 Å². The molecule has 6 saturated heterocycles. The maximum absolute atomic E-state index is 14.9. The summed E-state index contributed by atoms with van der Waals surface area (Å²) >= 11 is 0. The molecule has 3 aliphatic carbocycles. The van der Waals surface area contributed by atoms with Gasteiger partial charge in [0.15, 0.2) is 28.4 Å². The zero-order valence-electron chi connectivity index (χ0n) is 21.5. The molecule has 0 amide bonds. The Hall–Kier alpha value is -2.14. The Kier molecular flexibility index (Phi) is 3.47. The second-order valence-electron chi connectivity index (χ2n) is 13.8. The van der Waals surface area contributed by atoms with Gasteiger partial charge in [-0.1, -0.05) is 13.0 Å². The molecule has 3 spiro atoms. The Labute approximate surface area is 218 Å². The number of hydrogen-bond acceptors (Lipinski definition) is 10. The van der Waals surface area contributed by atoms with Crippen molar-refractivity contribution in [2.75, 3.05) is 6.61 Å². The standard InChI is InChI=1S/C28H30O10/c1-22-10-17-24(3)28-18(22)19(30)27(38-28,34-11-14(22)20(31)35-17)13-9-16-26(36-16)7-4-5-15(29)23(26,2)12(13)6-8-25(28,33)21(32)37-24/h4-5,12-14,16-18,33H,6-11H2,1-3H3/t12?,13?,14-,16?,17-,18?,22+,23-,24-,25+,26?,27+,28-/m0/s1. The van der Waals surface area contributed by atoms with Crippen molar-refractivity contribution < 1.29 is 48.0 Å². The average Bonchev–Trinajstić information content (AvgIpc) is 3.45. The lowest BCUT2D eigenvalue weighted by Gasteiger charge is -2.63. The normalized spacial score (nSPS) is 64.1. The van der Waals surface area contributed by atoms with Gasteiger partial charge in [0.1, 0.15) is 11.7 Å². The van der Waals surface area contributed by atoms with Crippen LogP contribution in [0.1, 0.15) is 52.9 Å². The summed E-state index contributed by atoms with van der Waals surface area (Å²) in [4.78, 5) is 55.6. The minimum Gasteiger partial charge on any atom is -0.458 e. The van der Waals surface area contributed by atoms with Gasteiger partial charge >= 0.3 is 11.9 Å². The molecule has 9 aliphatic rings. The highest BCUT2D eigenvalue weighted by molar-refractivity contribution is 6.00. The summed E-state index contributed by atoms with van der Waals surface area (Å²) in [5.41, 5.74) is -8.23. The zero-order chi connectivity index (χ0) is 26.5. The third-order valence-electron chi connectivity index (χ3n) is 12.9. The Bertz CT molecular complexity index is 1340. The molecule has 38 heavy (non-hydrogen) atoms. The number of aliphatic hydroxyl groups is 1. The van der Waals surface area contributed by atoms with Crippen LogP contribution in [0.4, 0.5) is 0 Å². The molecule has 8 fully saturated rings. The third kappa shape index (κ3) is 1.79. The predicted octanol–water partition coefficient (Wildman–Crippen LogP) is 0.768. The first-order chi connectivity index (χ1) is 17.9. The molecule has 202 valence electrons. The van der Waals surface area contributed by atoms with Gasteiger partial charge in [-0.3, -0.25) is 14.4 Å². The molecule has 0 radical (unpaired) electrons. The summed E-state index contributed by atoms with van der Waals surface area (Å²) in [5, 5.41) is 12.4. The van der Waals surface area contributed by atoms with E-state index in [-0.39, 0.29) is 43.5 Å². The van der Waals surface area contributed by atoms with Crippen molar-refractivity contribution in [2.24, 2.45) is 34.5 Å². The molecular formula is C28H30O10. The van der Waals surface area contributed by atoms with Crippen LogP contribution in [0.15, 0.2) is 12.2 Å². The van der Waals surface area contributed by atoms with E-state index in [4.69, 9.17) is 23.7 Å². The second-order valence-corrected chi connectivity index (χ2v) is 13.8. The van der Waals surface area contributed by atoms with Crippen LogP contribution in [0.25, 0.3) is 0 Å². The summed E-state index contributed by atoms with van der Waals surface area (Å²) in [6.45, 7) is 5.27. The molecule has 5 unspecified atom stereocenters. The lowest BCUT2D eigenvalue weighted by atomic mass is 9.46. The first kappa shape index (κ1) is 22.7. The van der Waals surface area contributed by atoms with Crippen LogP contribution in [0.2, 0.25) is 0 Å². The number of carbonyl (C=O) groups is 4. The number of Topliss-reactive ketones (excluding diaryl/α,β-unsaturated/α-hetero) is 1. The number of allylic oxidation sites excluding steroid dienone is 1. The fraction of sp³-hybridized carbons (Fsp3) is 0.786. The van der Waals surface area contributed by atoms with Gasteiger partial charge in [-0.25, -0.2) is 4.79 Å². The smallest absolute Gasteiger partial charge is 0.342 e. The van der Waals surface area contributed by atoms with E-state index in [9.17, 15) is 24.3 Å². The highest BCUT2D eigenvalue weighted by atomic mass is 16.8. The van der Waals surface area contributed by atoms with Crippen LogP contribution < -0.4 is 0 Å². The maximum Gasteiger partial charge on any atom is 0.342 e. The quantitative estimate of drug-likeness (QED) is 0.356. The van der Waals surface area contributed by atoms with Gasteiger partial charge in [-0.05, 0) is 63.4 Å². The number of hydrogen-bond donors (Lipinski definition) is 1. The van der Waals surface area contributed by atoms with Crippen molar-refractivity contribution in [3.8, 4) is 0 Å². The number of rotatable bonds is 0. The molecule has 10 heteroatoms. The van der Waals surface area contributed by atoms with Gasteiger partial charge in [-0.15, -0.1) is 0 Å². The number of esters is 2. The van der Waals surface area contributed by atoms with E-state index in [1.54, 1.807) is 13.0 Å². The van der Waals surface area contributed by atoms with Gasteiger partial charge in [-0.2, -0.15) is 0 Å². The van der Waals surface area contributed by atoms with Crippen molar-refractivity contribution in [3.05, 3.63) is 12.2 Å². The summed E-state index contributed by atoms with van der Waals surface area (Å²) in [6.07, 6.45) is 3.82. The van der Waals surface area contributed by atoms with Crippen molar-refractivity contribution >= 4 is 23.5 Å². The number of carbonyl (C=O) groups excluding carboxylic acids is 4. The molecule has 0 aromatic rings. The van der Waals surface area contributed by atoms with Gasteiger partial charge < -0.3 is 28.8 Å². The first-order valence-electron chi connectivity index (χ1n) is 13.8. The fourth-order valence-corrected chi connectivity index (χ4v) is 10.9. The molecule has 10 nitrogen and oxygen atoms in total. The van der Waals surface area contributed by atoms with E-state index in [1.165, 1.54) is 0 Å². The fourth-order valence-electron chi connectivity index (χ4n) is 10.9. The van der Waals surface area contributed by atoms with E-state index in [0.29, 0.717) is 12.8 Å². The monoisotopic (exact) mass is 526 g/mol. The molecule has 2 saturated carbocycles. The molecule has 9 rings (SSSR count). The predicted molar refractivity (Wildman–Crippen MR) is 122 cm³/mol. The molecular weight excluding hydrogens is 496 g/mol. The van der Waals surface area contributed by atoms with Crippen molar-refractivity contribution in [3.63, 3.8) is 0 Å². The van der Waals surface area contributed by atoms with Gasteiger partial charge in [0, 0.05) is 5.92 Å². The minimum atomic E-state index is -2.19. The minimum absolute atomic E-state index is 0.0583. The largest absolute Gasteiger partial charge is 0.458 e. The van der Waals surface area contributed by atoms with Gasteiger partial charge in [0.2, 0.25) is 5.79 Å². The number of ether oxygens (including phenoxy) is 5. The lowest BCUT2D eigenvalue weighted by Crippen LogP contribution is -2.79. The summed E-state index contributed by atoms with van der Waals surface area (Å²) in [5.74, 6) is -6.56. The average molecular weight is 527 g/mol. The molecule has 13 atom stereocenters.